The van der Waals surface area contributed by atoms with Crippen LogP contribution in [0.4, 0.5) is 9.18 Å². The summed E-state index contributed by atoms with van der Waals surface area (Å²) in [6, 6.07) is 20.4. The van der Waals surface area contributed by atoms with E-state index in [4.69, 9.17) is 14.2 Å². The lowest BCUT2D eigenvalue weighted by molar-refractivity contribution is -0.123. The molecule has 0 aromatic heterocycles. The molecule has 6 nitrogen and oxygen atoms in total. The number of carbonyl (C=O) groups excluding carboxylic acids is 2. The van der Waals surface area contributed by atoms with Crippen LogP contribution >= 0.6 is 11.8 Å². The average Bonchev–Trinajstić information content (AvgIpc) is 3.12. The van der Waals surface area contributed by atoms with E-state index in [1.165, 1.54) is 12.1 Å². The Morgan fingerprint density at radius 1 is 0.882 bits per heavy atom. The van der Waals surface area contributed by atoms with Crippen molar-refractivity contribution in [3.63, 3.8) is 0 Å². The zero-order valence-corrected chi connectivity index (χ0v) is 19.2. The van der Waals surface area contributed by atoms with Gasteiger partial charge in [-0.1, -0.05) is 42.5 Å². The molecule has 0 spiro atoms. The second-order valence-corrected chi connectivity index (χ2v) is 8.28. The number of rotatable bonds is 9. The van der Waals surface area contributed by atoms with Crippen LogP contribution in [0.25, 0.3) is 6.08 Å². The third-order valence-electron chi connectivity index (χ3n) is 5.03. The minimum absolute atomic E-state index is 0.114. The van der Waals surface area contributed by atoms with Gasteiger partial charge >= 0.3 is 0 Å². The zero-order chi connectivity index (χ0) is 23.9. The normalized spacial score (nSPS) is 14.5. The van der Waals surface area contributed by atoms with Crippen LogP contribution in [0.2, 0.25) is 0 Å². The van der Waals surface area contributed by atoms with Crippen molar-refractivity contribution >= 4 is 29.0 Å². The van der Waals surface area contributed by atoms with E-state index in [2.05, 4.69) is 0 Å². The van der Waals surface area contributed by atoms with E-state index >= 15 is 0 Å². The maximum Gasteiger partial charge on any atom is 0.293 e. The van der Waals surface area contributed by atoms with Crippen LogP contribution in [0.1, 0.15) is 11.1 Å². The molecule has 8 heteroatoms. The Hall–Kier alpha value is -3.78. The molecule has 2 amide bonds. The quantitative estimate of drug-likeness (QED) is 0.376. The lowest BCUT2D eigenvalue weighted by Crippen LogP contribution is -2.32. The van der Waals surface area contributed by atoms with E-state index in [-0.39, 0.29) is 36.7 Å². The Balaban J connectivity index is 1.41. The number of imide groups is 1. The van der Waals surface area contributed by atoms with Crippen molar-refractivity contribution in [2.75, 3.05) is 20.3 Å². The van der Waals surface area contributed by atoms with Crippen molar-refractivity contribution in [1.82, 2.24) is 4.90 Å². The van der Waals surface area contributed by atoms with Gasteiger partial charge in [0.2, 0.25) is 0 Å². The van der Waals surface area contributed by atoms with Crippen molar-refractivity contribution in [3.8, 4) is 17.2 Å². The van der Waals surface area contributed by atoms with Gasteiger partial charge in [0.05, 0.1) is 18.6 Å². The van der Waals surface area contributed by atoms with Crippen LogP contribution in [0.3, 0.4) is 0 Å². The molecule has 1 aliphatic rings. The molecule has 3 aromatic carbocycles. The number of para-hydroxylation sites is 3. The minimum atomic E-state index is -0.382. The largest absolute Gasteiger partial charge is 0.493 e. The third-order valence-corrected chi connectivity index (χ3v) is 5.94. The second kappa shape index (κ2) is 10.9. The Bertz CT molecular complexity index is 1210. The summed E-state index contributed by atoms with van der Waals surface area (Å²) >= 11 is 0.876. The highest BCUT2D eigenvalue weighted by atomic mass is 32.2. The summed E-state index contributed by atoms with van der Waals surface area (Å²) in [5.41, 5.74) is 1.48. The van der Waals surface area contributed by atoms with Crippen molar-refractivity contribution in [2.24, 2.45) is 0 Å². The molecule has 34 heavy (non-hydrogen) atoms. The summed E-state index contributed by atoms with van der Waals surface area (Å²) in [4.78, 5) is 26.8. The first-order valence-electron chi connectivity index (χ1n) is 10.5. The standard InChI is InChI=1S/C26H22FNO5S/c1-31-22-8-4-5-9-23(22)32-15-14-28-25(29)24(34-26(28)30)16-19-6-2-3-7-21(19)33-17-18-10-12-20(27)13-11-18/h2-13,16H,14-15,17H2,1H3/b24-16-. The number of thioether (sulfide) groups is 1. The van der Waals surface area contributed by atoms with Gasteiger partial charge in [-0.3, -0.25) is 14.5 Å². The van der Waals surface area contributed by atoms with E-state index in [1.807, 2.05) is 24.3 Å². The first-order chi connectivity index (χ1) is 16.5. The Morgan fingerprint density at radius 2 is 1.56 bits per heavy atom. The molecular formula is C26H22FNO5S. The number of benzene rings is 3. The molecule has 1 saturated heterocycles. The molecule has 1 aliphatic heterocycles. The van der Waals surface area contributed by atoms with E-state index in [9.17, 15) is 14.0 Å². The van der Waals surface area contributed by atoms with Crippen molar-refractivity contribution in [2.45, 2.75) is 6.61 Å². The van der Waals surface area contributed by atoms with Gasteiger partial charge in [-0.2, -0.15) is 0 Å². The second-order valence-electron chi connectivity index (χ2n) is 7.29. The van der Waals surface area contributed by atoms with E-state index in [0.717, 1.165) is 22.2 Å². The molecule has 174 valence electrons. The van der Waals surface area contributed by atoms with Crippen LogP contribution in [-0.4, -0.2) is 36.3 Å². The van der Waals surface area contributed by atoms with Gasteiger partial charge < -0.3 is 14.2 Å². The van der Waals surface area contributed by atoms with Crippen LogP contribution in [-0.2, 0) is 11.4 Å². The molecule has 4 rings (SSSR count). The fourth-order valence-electron chi connectivity index (χ4n) is 3.29. The molecule has 0 saturated carbocycles. The highest BCUT2D eigenvalue weighted by Gasteiger charge is 2.35. The summed E-state index contributed by atoms with van der Waals surface area (Å²) in [5.74, 6) is 0.979. The van der Waals surface area contributed by atoms with Crippen molar-refractivity contribution < 1.29 is 28.2 Å². The fourth-order valence-corrected chi connectivity index (χ4v) is 4.15. The van der Waals surface area contributed by atoms with Gasteiger partial charge in [-0.05, 0) is 53.7 Å². The van der Waals surface area contributed by atoms with E-state index in [0.29, 0.717) is 27.7 Å². The number of hydrogen-bond acceptors (Lipinski definition) is 6. The van der Waals surface area contributed by atoms with E-state index < -0.39 is 0 Å². The van der Waals surface area contributed by atoms with Crippen LogP contribution in [0, 0.1) is 5.82 Å². The smallest absolute Gasteiger partial charge is 0.293 e. The average molecular weight is 480 g/mol. The highest BCUT2D eigenvalue weighted by molar-refractivity contribution is 8.18. The molecular weight excluding hydrogens is 457 g/mol. The number of ether oxygens (including phenoxy) is 3. The summed E-state index contributed by atoms with van der Waals surface area (Å²) in [6.07, 6.45) is 1.64. The number of amides is 2. The number of nitrogens with zero attached hydrogens (tertiary/aromatic N) is 1. The predicted molar refractivity (Wildman–Crippen MR) is 128 cm³/mol. The first-order valence-corrected chi connectivity index (χ1v) is 11.3. The molecule has 0 bridgehead atoms. The Kier molecular flexibility index (Phi) is 7.49. The Labute approximate surface area is 200 Å². The fraction of sp³-hybridized carbons (Fsp3) is 0.154. The summed E-state index contributed by atoms with van der Waals surface area (Å²) in [6.45, 7) is 0.499. The molecule has 0 unspecified atom stereocenters. The molecule has 0 atom stereocenters. The molecule has 0 aliphatic carbocycles. The van der Waals surface area contributed by atoms with Crippen LogP contribution in [0.15, 0.2) is 77.7 Å². The molecule has 1 heterocycles. The molecule has 0 radical (unpaired) electrons. The summed E-state index contributed by atoms with van der Waals surface area (Å²) in [7, 11) is 1.55. The van der Waals surface area contributed by atoms with Crippen LogP contribution in [0.5, 0.6) is 17.2 Å². The molecule has 0 N–H and O–H groups in total. The van der Waals surface area contributed by atoms with Crippen molar-refractivity contribution in [3.05, 3.63) is 94.6 Å². The summed E-state index contributed by atoms with van der Waals surface area (Å²) < 4.78 is 29.9. The lowest BCUT2D eigenvalue weighted by atomic mass is 10.1. The molecule has 3 aromatic rings. The molecule has 1 fully saturated rings. The number of carbonyl (C=O) groups is 2. The lowest BCUT2D eigenvalue weighted by Gasteiger charge is -2.14. The van der Waals surface area contributed by atoms with Crippen molar-refractivity contribution in [1.29, 1.82) is 0 Å². The Morgan fingerprint density at radius 3 is 2.29 bits per heavy atom. The third kappa shape index (κ3) is 5.58. The van der Waals surface area contributed by atoms with Gasteiger partial charge in [-0.15, -0.1) is 0 Å². The monoisotopic (exact) mass is 479 g/mol. The van der Waals surface area contributed by atoms with Gasteiger partial charge in [0.15, 0.2) is 11.5 Å². The number of methoxy groups -OCH3 is 1. The van der Waals surface area contributed by atoms with Crippen LogP contribution < -0.4 is 14.2 Å². The highest BCUT2D eigenvalue weighted by Crippen LogP contribution is 2.34. The SMILES string of the molecule is COc1ccccc1OCCN1C(=O)S/C(=C\c2ccccc2OCc2ccc(F)cc2)C1=O. The maximum absolute atomic E-state index is 13.1. The topological polar surface area (TPSA) is 65.1 Å². The predicted octanol–water partition coefficient (Wildman–Crippen LogP) is 5.53. The van der Waals surface area contributed by atoms with Gasteiger partial charge in [0.1, 0.15) is 24.8 Å². The van der Waals surface area contributed by atoms with Gasteiger partial charge in [-0.25, -0.2) is 4.39 Å². The summed E-state index contributed by atoms with van der Waals surface area (Å²) in [5, 5.41) is -0.357. The van der Waals surface area contributed by atoms with Gasteiger partial charge in [0, 0.05) is 5.56 Å². The first kappa shape index (κ1) is 23.4. The minimum Gasteiger partial charge on any atom is -0.493 e. The van der Waals surface area contributed by atoms with Gasteiger partial charge in [0.25, 0.3) is 11.1 Å². The van der Waals surface area contributed by atoms with E-state index in [1.54, 1.807) is 49.6 Å². The number of hydrogen-bond donors (Lipinski definition) is 0. The maximum atomic E-state index is 13.1. The number of halogens is 1. The zero-order valence-electron chi connectivity index (χ0n) is 18.4.